The van der Waals surface area contributed by atoms with Gasteiger partial charge in [-0.05, 0) is 11.6 Å². The van der Waals surface area contributed by atoms with Crippen LogP contribution in [0.4, 0.5) is 0 Å². The second-order valence-corrected chi connectivity index (χ2v) is 3.85. The van der Waals surface area contributed by atoms with Gasteiger partial charge in [-0.15, -0.1) is 0 Å². The summed E-state index contributed by atoms with van der Waals surface area (Å²) in [5.41, 5.74) is -0.0656. The van der Waals surface area contributed by atoms with E-state index >= 15 is 0 Å². The fraction of sp³-hybridized carbons (Fsp3) is 0.0769. The normalized spacial score (nSPS) is 10.1. The monoisotopic (exact) mass is 260 g/mol. The summed E-state index contributed by atoms with van der Waals surface area (Å²) in [7, 11) is 0. The van der Waals surface area contributed by atoms with Gasteiger partial charge in [-0.25, -0.2) is 9.47 Å². The summed E-state index contributed by atoms with van der Waals surface area (Å²) in [4.78, 5) is 22.8. The lowest BCUT2D eigenvalue weighted by molar-refractivity contribution is 0.0691. The van der Waals surface area contributed by atoms with Gasteiger partial charge in [-0.1, -0.05) is 30.3 Å². The number of nitrogens with zero attached hydrogens (tertiary/aromatic N) is 1. The van der Waals surface area contributed by atoms with Gasteiger partial charge in [-0.3, -0.25) is 4.79 Å². The molecule has 2 rings (SSSR count). The van der Waals surface area contributed by atoms with Gasteiger partial charge in [0.1, 0.15) is 12.2 Å². The van der Waals surface area contributed by atoms with Crippen molar-refractivity contribution in [2.45, 2.75) is 6.61 Å². The number of ether oxygens (including phenoxy) is 1. The highest BCUT2D eigenvalue weighted by molar-refractivity contribution is 5.90. The Hall–Kier alpha value is -2.76. The van der Waals surface area contributed by atoms with Crippen molar-refractivity contribution < 1.29 is 14.6 Å². The highest BCUT2D eigenvalue weighted by atomic mass is 16.5. The maximum Gasteiger partial charge on any atom is 0.339 e. The number of nitrogens with two attached hydrogens (primary N) is 1. The molecule has 0 aliphatic carbocycles. The van der Waals surface area contributed by atoms with E-state index in [4.69, 9.17) is 15.7 Å². The smallest absolute Gasteiger partial charge is 0.339 e. The van der Waals surface area contributed by atoms with Crippen molar-refractivity contribution in [1.29, 1.82) is 0 Å². The van der Waals surface area contributed by atoms with E-state index in [0.29, 0.717) is 0 Å². The molecule has 0 aliphatic rings. The minimum Gasteiger partial charge on any atom is -0.482 e. The Balaban J connectivity index is 2.31. The second-order valence-electron chi connectivity index (χ2n) is 3.85. The summed E-state index contributed by atoms with van der Waals surface area (Å²) < 4.78 is 6.09. The molecule has 3 N–H and O–H groups in total. The molecule has 2 aromatic rings. The number of hydrogen-bond acceptors (Lipinski definition) is 4. The lowest BCUT2D eigenvalue weighted by atomic mass is 10.2. The van der Waals surface area contributed by atoms with Crippen LogP contribution in [-0.2, 0) is 6.61 Å². The Morgan fingerprint density at radius 1 is 1.26 bits per heavy atom. The number of carboxylic acids is 1. The molecule has 0 unspecified atom stereocenters. The molecule has 19 heavy (non-hydrogen) atoms. The topological polar surface area (TPSA) is 94.6 Å². The third-order valence-corrected chi connectivity index (χ3v) is 2.53. The van der Waals surface area contributed by atoms with Crippen molar-refractivity contribution in [1.82, 2.24) is 4.68 Å². The molecule has 6 heteroatoms. The van der Waals surface area contributed by atoms with E-state index in [1.807, 2.05) is 30.3 Å². The van der Waals surface area contributed by atoms with Gasteiger partial charge < -0.3 is 15.7 Å². The summed E-state index contributed by atoms with van der Waals surface area (Å²) in [6, 6.07) is 10.3. The number of aromatic carboxylic acids is 1. The zero-order valence-corrected chi connectivity index (χ0v) is 9.95. The van der Waals surface area contributed by atoms with Gasteiger partial charge in [0, 0.05) is 6.20 Å². The standard InChI is InChI=1S/C13H12N2O4/c14-15-7-6-10(13(17)18)11(12(15)16)19-8-9-4-2-1-3-5-9/h1-7H,8,14H2,(H,17,18). The van der Waals surface area contributed by atoms with Crippen molar-refractivity contribution in [3.05, 3.63) is 64.1 Å². The lowest BCUT2D eigenvalue weighted by Gasteiger charge is -2.09. The molecule has 0 saturated heterocycles. The SMILES string of the molecule is Nn1ccc(C(=O)O)c(OCc2ccccc2)c1=O. The van der Waals surface area contributed by atoms with Gasteiger partial charge >= 0.3 is 11.5 Å². The first-order valence-electron chi connectivity index (χ1n) is 5.50. The summed E-state index contributed by atoms with van der Waals surface area (Å²) in [5, 5.41) is 9.01. The van der Waals surface area contributed by atoms with E-state index in [-0.39, 0.29) is 17.9 Å². The van der Waals surface area contributed by atoms with E-state index in [9.17, 15) is 9.59 Å². The molecule has 1 aromatic carbocycles. The van der Waals surface area contributed by atoms with Crippen molar-refractivity contribution in [2.24, 2.45) is 0 Å². The number of carboxylic acid groups (broad SMARTS) is 1. The van der Waals surface area contributed by atoms with Crippen molar-refractivity contribution in [3.8, 4) is 5.75 Å². The summed E-state index contributed by atoms with van der Waals surface area (Å²) in [6.45, 7) is 0.0976. The second kappa shape index (κ2) is 5.26. The molecule has 1 aromatic heterocycles. The number of pyridine rings is 1. The van der Waals surface area contributed by atoms with E-state index in [1.54, 1.807) is 0 Å². The predicted octanol–water partition coefficient (Wildman–Crippen LogP) is 0.839. The third kappa shape index (κ3) is 2.74. The van der Waals surface area contributed by atoms with Crippen LogP contribution in [0.2, 0.25) is 0 Å². The van der Waals surface area contributed by atoms with Crippen molar-refractivity contribution in [2.75, 3.05) is 5.84 Å². The van der Waals surface area contributed by atoms with Gasteiger partial charge in [0.2, 0.25) is 5.75 Å². The average molecular weight is 260 g/mol. The Bertz CT molecular complexity index is 649. The van der Waals surface area contributed by atoms with Crippen LogP contribution in [0.1, 0.15) is 15.9 Å². The molecule has 98 valence electrons. The van der Waals surface area contributed by atoms with Crippen LogP contribution in [0.15, 0.2) is 47.4 Å². The van der Waals surface area contributed by atoms with E-state index < -0.39 is 11.5 Å². The van der Waals surface area contributed by atoms with E-state index in [1.165, 1.54) is 12.3 Å². The Morgan fingerprint density at radius 3 is 2.58 bits per heavy atom. The maximum atomic E-state index is 11.8. The van der Waals surface area contributed by atoms with Gasteiger partial charge in [0.05, 0.1) is 0 Å². The van der Waals surface area contributed by atoms with Crippen molar-refractivity contribution >= 4 is 5.97 Å². The molecular weight excluding hydrogens is 248 g/mol. The molecule has 0 spiro atoms. The highest BCUT2D eigenvalue weighted by Gasteiger charge is 2.16. The molecule has 6 nitrogen and oxygen atoms in total. The van der Waals surface area contributed by atoms with Crippen LogP contribution >= 0.6 is 0 Å². The van der Waals surface area contributed by atoms with Crippen LogP contribution in [0.25, 0.3) is 0 Å². The number of hydrogen-bond donors (Lipinski definition) is 2. The first-order valence-corrected chi connectivity index (χ1v) is 5.50. The number of nitrogen functional groups attached to an aromatic ring is 1. The van der Waals surface area contributed by atoms with Crippen LogP contribution in [0.5, 0.6) is 5.75 Å². The van der Waals surface area contributed by atoms with Crippen LogP contribution < -0.4 is 16.1 Å². The van der Waals surface area contributed by atoms with Crippen molar-refractivity contribution in [3.63, 3.8) is 0 Å². The molecule has 0 aliphatic heterocycles. The van der Waals surface area contributed by atoms with Crippen LogP contribution in [-0.4, -0.2) is 15.8 Å². The first kappa shape index (κ1) is 12.7. The summed E-state index contributed by atoms with van der Waals surface area (Å²) in [6.07, 6.45) is 1.18. The fourth-order valence-electron chi connectivity index (χ4n) is 1.57. The minimum absolute atomic E-state index is 0.0976. The molecule has 0 fully saturated rings. The van der Waals surface area contributed by atoms with Gasteiger partial charge in [0.25, 0.3) is 0 Å². The Labute approximate surface area is 108 Å². The predicted molar refractivity (Wildman–Crippen MR) is 68.6 cm³/mol. The molecule has 0 bridgehead atoms. The van der Waals surface area contributed by atoms with Crippen LogP contribution in [0, 0.1) is 0 Å². The highest BCUT2D eigenvalue weighted by Crippen LogP contribution is 2.14. The quantitative estimate of drug-likeness (QED) is 0.794. The number of rotatable bonds is 4. The van der Waals surface area contributed by atoms with Crippen LogP contribution in [0.3, 0.4) is 0 Å². The Morgan fingerprint density at radius 2 is 1.95 bits per heavy atom. The van der Waals surface area contributed by atoms with Gasteiger partial charge in [0.15, 0.2) is 0 Å². The summed E-state index contributed by atoms with van der Waals surface area (Å²) in [5.74, 6) is 3.89. The minimum atomic E-state index is -1.24. The largest absolute Gasteiger partial charge is 0.482 e. The van der Waals surface area contributed by atoms with E-state index in [0.717, 1.165) is 10.2 Å². The zero-order valence-electron chi connectivity index (χ0n) is 9.95. The summed E-state index contributed by atoms with van der Waals surface area (Å²) >= 11 is 0. The number of carbonyl (C=O) groups is 1. The number of benzene rings is 1. The zero-order chi connectivity index (χ0) is 13.8. The third-order valence-electron chi connectivity index (χ3n) is 2.53. The molecule has 0 radical (unpaired) electrons. The number of aromatic nitrogens is 1. The Kier molecular flexibility index (Phi) is 3.51. The fourth-order valence-corrected chi connectivity index (χ4v) is 1.57. The molecular formula is C13H12N2O4. The average Bonchev–Trinajstić information content (AvgIpc) is 2.41. The molecule has 0 atom stereocenters. The van der Waals surface area contributed by atoms with E-state index in [2.05, 4.69) is 0 Å². The maximum absolute atomic E-state index is 11.8. The first-order chi connectivity index (χ1) is 9.09. The molecule has 0 saturated carbocycles. The molecule has 0 amide bonds. The molecule has 1 heterocycles. The van der Waals surface area contributed by atoms with Gasteiger partial charge in [-0.2, -0.15) is 0 Å². The lowest BCUT2D eigenvalue weighted by Crippen LogP contribution is -2.29.